The first-order chi connectivity index (χ1) is 6.33. The second-order valence-corrected chi connectivity index (χ2v) is 8.41. The molecule has 0 unspecified atom stereocenters. The van der Waals surface area contributed by atoms with Gasteiger partial charge in [-0.2, -0.15) is 0 Å². The van der Waals surface area contributed by atoms with Gasteiger partial charge in [0, 0.05) is 19.8 Å². The predicted molar refractivity (Wildman–Crippen MR) is 62.8 cm³/mol. The van der Waals surface area contributed by atoms with Crippen molar-refractivity contribution in [1.82, 2.24) is 5.32 Å². The van der Waals surface area contributed by atoms with Gasteiger partial charge in [0.2, 0.25) is 0 Å². The number of hydrogen-bond acceptors (Lipinski definition) is 3. The molecule has 0 atom stereocenters. The topological polar surface area (TPSA) is 30.5 Å². The van der Waals surface area contributed by atoms with Gasteiger partial charge >= 0.3 is 8.56 Å². The Hall–Kier alpha value is 0.0969. The molecule has 86 valence electrons. The number of rotatable bonds is 6. The van der Waals surface area contributed by atoms with Crippen molar-refractivity contribution in [1.29, 1.82) is 0 Å². The average molecular weight is 219 g/mol. The molecule has 0 aromatic heterocycles. The molecule has 0 aliphatic carbocycles. The summed E-state index contributed by atoms with van der Waals surface area (Å²) < 4.78 is 10.8. The van der Waals surface area contributed by atoms with Gasteiger partial charge in [-0.15, -0.1) is 0 Å². The van der Waals surface area contributed by atoms with Crippen molar-refractivity contribution in [2.75, 3.05) is 20.8 Å². The van der Waals surface area contributed by atoms with Crippen LogP contribution < -0.4 is 5.32 Å². The smallest absolute Gasteiger partial charge is 0.334 e. The van der Waals surface area contributed by atoms with Crippen molar-refractivity contribution in [2.45, 2.75) is 45.3 Å². The minimum atomic E-state index is -1.83. The van der Waals surface area contributed by atoms with Crippen molar-refractivity contribution in [3.05, 3.63) is 0 Å². The summed E-state index contributed by atoms with van der Waals surface area (Å²) in [7, 11) is 1.65. The average Bonchev–Trinajstić information content (AvgIpc) is 2.11. The van der Waals surface area contributed by atoms with Crippen LogP contribution in [0.4, 0.5) is 0 Å². The highest BCUT2D eigenvalue weighted by molar-refractivity contribution is 6.65. The van der Waals surface area contributed by atoms with Crippen LogP contribution in [-0.2, 0) is 8.85 Å². The maximum Gasteiger partial charge on any atom is 0.334 e. The predicted octanol–water partition coefficient (Wildman–Crippen LogP) is 2.13. The van der Waals surface area contributed by atoms with E-state index in [9.17, 15) is 0 Å². The van der Waals surface area contributed by atoms with Crippen LogP contribution in [0.1, 0.15) is 27.2 Å². The first-order valence-corrected chi connectivity index (χ1v) is 7.71. The molecule has 0 aromatic carbocycles. The van der Waals surface area contributed by atoms with E-state index in [2.05, 4.69) is 32.6 Å². The Labute approximate surface area is 89.4 Å². The van der Waals surface area contributed by atoms with Gasteiger partial charge in [-0.1, -0.05) is 0 Å². The van der Waals surface area contributed by atoms with Crippen molar-refractivity contribution in [3.63, 3.8) is 0 Å². The maximum absolute atomic E-state index is 5.41. The lowest BCUT2D eigenvalue weighted by Crippen LogP contribution is -2.39. The highest BCUT2D eigenvalue weighted by Gasteiger charge is 2.27. The maximum atomic E-state index is 5.41. The normalized spacial score (nSPS) is 13.3. The van der Waals surface area contributed by atoms with Gasteiger partial charge in [0.25, 0.3) is 0 Å². The summed E-state index contributed by atoms with van der Waals surface area (Å²) >= 11 is 0. The fourth-order valence-electron chi connectivity index (χ4n) is 1.16. The third kappa shape index (κ3) is 6.54. The minimum Gasteiger partial charge on any atom is -0.398 e. The van der Waals surface area contributed by atoms with Gasteiger partial charge in [-0.05, 0) is 46.3 Å². The molecule has 0 heterocycles. The van der Waals surface area contributed by atoms with E-state index in [1.54, 1.807) is 14.2 Å². The first-order valence-electron chi connectivity index (χ1n) is 5.18. The molecule has 4 heteroatoms. The summed E-state index contributed by atoms with van der Waals surface area (Å²) in [4.78, 5) is 0. The van der Waals surface area contributed by atoms with E-state index in [1.807, 2.05) is 0 Å². The standard InChI is InChI=1S/C10H25NO2Si/c1-10(2,3)11-8-7-9-14(6,12-4)13-5/h11H,7-9H2,1-6H3. The Morgan fingerprint density at radius 3 is 2.00 bits per heavy atom. The fraction of sp³-hybridized carbons (Fsp3) is 1.00. The SMILES string of the molecule is CO[Si](C)(CCCNC(C)(C)C)OC. The van der Waals surface area contributed by atoms with Crippen LogP contribution in [0.15, 0.2) is 0 Å². The van der Waals surface area contributed by atoms with E-state index < -0.39 is 8.56 Å². The summed E-state index contributed by atoms with van der Waals surface area (Å²) in [5, 5.41) is 3.45. The molecule has 0 spiro atoms. The molecule has 0 saturated heterocycles. The summed E-state index contributed by atoms with van der Waals surface area (Å²) in [6, 6.07) is 1.04. The van der Waals surface area contributed by atoms with Crippen LogP contribution in [-0.4, -0.2) is 34.9 Å². The third-order valence-electron chi connectivity index (χ3n) is 2.33. The molecule has 0 fully saturated rings. The van der Waals surface area contributed by atoms with Gasteiger partial charge in [0.05, 0.1) is 0 Å². The van der Waals surface area contributed by atoms with Crippen LogP contribution >= 0.6 is 0 Å². The summed E-state index contributed by atoms with van der Waals surface area (Å²) in [5.41, 5.74) is 0.206. The zero-order valence-corrected chi connectivity index (χ0v) is 11.4. The van der Waals surface area contributed by atoms with E-state index in [0.29, 0.717) is 0 Å². The van der Waals surface area contributed by atoms with Crippen LogP contribution in [0.25, 0.3) is 0 Å². The monoisotopic (exact) mass is 219 g/mol. The number of nitrogens with one attached hydrogen (secondary N) is 1. The lowest BCUT2D eigenvalue weighted by Gasteiger charge is -2.24. The molecule has 3 nitrogen and oxygen atoms in total. The summed E-state index contributed by atoms with van der Waals surface area (Å²) in [6.45, 7) is 9.66. The first kappa shape index (κ1) is 14.1. The number of hydrogen-bond donors (Lipinski definition) is 1. The van der Waals surface area contributed by atoms with E-state index in [1.165, 1.54) is 0 Å². The molecule has 1 N–H and O–H groups in total. The third-order valence-corrected chi connectivity index (χ3v) is 5.32. The lowest BCUT2D eigenvalue weighted by atomic mass is 10.1. The molecule has 0 amide bonds. The van der Waals surface area contributed by atoms with Gasteiger partial charge in [-0.3, -0.25) is 0 Å². The second kappa shape index (κ2) is 5.85. The molecule has 0 bridgehead atoms. The molecule has 0 radical (unpaired) electrons. The van der Waals surface area contributed by atoms with Gasteiger partial charge < -0.3 is 14.2 Å². The van der Waals surface area contributed by atoms with Crippen LogP contribution in [0.2, 0.25) is 12.6 Å². The Morgan fingerprint density at radius 1 is 1.14 bits per heavy atom. The highest BCUT2D eigenvalue weighted by atomic mass is 28.4. The molecule has 0 rings (SSSR count). The largest absolute Gasteiger partial charge is 0.398 e. The van der Waals surface area contributed by atoms with Gasteiger partial charge in [0.1, 0.15) is 0 Å². The second-order valence-electron chi connectivity index (χ2n) is 4.82. The fourth-order valence-corrected chi connectivity index (χ4v) is 2.55. The zero-order chi connectivity index (χ0) is 11.2. The van der Waals surface area contributed by atoms with E-state index in [4.69, 9.17) is 8.85 Å². The minimum absolute atomic E-state index is 0.206. The van der Waals surface area contributed by atoms with Crippen LogP contribution in [0.3, 0.4) is 0 Å². The molecule has 0 aliphatic rings. The molecular weight excluding hydrogens is 194 g/mol. The van der Waals surface area contributed by atoms with Crippen molar-refractivity contribution in [3.8, 4) is 0 Å². The van der Waals surface area contributed by atoms with Crippen LogP contribution in [0.5, 0.6) is 0 Å². The molecular formula is C10H25NO2Si. The Bertz CT molecular complexity index is 153. The Balaban J connectivity index is 3.63. The van der Waals surface area contributed by atoms with Crippen molar-refractivity contribution < 1.29 is 8.85 Å². The lowest BCUT2D eigenvalue weighted by molar-refractivity contribution is 0.247. The molecule has 14 heavy (non-hydrogen) atoms. The quantitative estimate of drug-likeness (QED) is 0.548. The van der Waals surface area contributed by atoms with Crippen molar-refractivity contribution in [2.24, 2.45) is 0 Å². The Morgan fingerprint density at radius 2 is 1.64 bits per heavy atom. The Kier molecular flexibility index (Phi) is 5.89. The highest BCUT2D eigenvalue weighted by Crippen LogP contribution is 2.13. The molecule has 0 aliphatic heterocycles. The summed E-state index contributed by atoms with van der Waals surface area (Å²) in [6.07, 6.45) is 1.11. The molecule has 0 aromatic rings. The van der Waals surface area contributed by atoms with Crippen LogP contribution in [0, 0.1) is 0 Å². The van der Waals surface area contributed by atoms with Gasteiger partial charge in [0.15, 0.2) is 0 Å². The zero-order valence-electron chi connectivity index (χ0n) is 10.4. The van der Waals surface area contributed by atoms with E-state index in [0.717, 1.165) is 19.0 Å². The van der Waals surface area contributed by atoms with E-state index in [-0.39, 0.29) is 5.54 Å². The van der Waals surface area contributed by atoms with Crippen molar-refractivity contribution >= 4 is 8.56 Å². The molecule has 0 saturated carbocycles. The summed E-state index contributed by atoms with van der Waals surface area (Å²) in [5.74, 6) is 0. The van der Waals surface area contributed by atoms with E-state index >= 15 is 0 Å². The van der Waals surface area contributed by atoms with Gasteiger partial charge in [-0.25, -0.2) is 0 Å².